The minimum atomic E-state index is -4.76. The van der Waals surface area contributed by atoms with E-state index in [0.717, 1.165) is 25.3 Å². The Labute approximate surface area is 181 Å². The molecule has 4 rings (SSSR count). The largest absolute Gasteiger partial charge is 0.439 e. The van der Waals surface area contributed by atoms with E-state index in [1.165, 1.54) is 23.1 Å². The van der Waals surface area contributed by atoms with Gasteiger partial charge in [-0.2, -0.15) is 18.2 Å². The number of aliphatic hydroxyl groups is 1. The van der Waals surface area contributed by atoms with Gasteiger partial charge in [-0.05, 0) is 31.4 Å². The smallest absolute Gasteiger partial charge is 0.433 e. The van der Waals surface area contributed by atoms with Gasteiger partial charge in [0.1, 0.15) is 17.2 Å². The summed E-state index contributed by atoms with van der Waals surface area (Å²) in [5.74, 6) is -1.45. The second-order valence-corrected chi connectivity index (χ2v) is 8.19. The zero-order chi connectivity index (χ0) is 22.9. The van der Waals surface area contributed by atoms with Crippen LogP contribution < -0.4 is 15.0 Å². The van der Waals surface area contributed by atoms with Crippen molar-refractivity contribution in [2.45, 2.75) is 37.5 Å². The molecule has 2 aromatic rings. The van der Waals surface area contributed by atoms with Crippen LogP contribution in [0.5, 0.6) is 11.6 Å². The molecule has 0 spiro atoms. The third-order valence-electron chi connectivity index (χ3n) is 5.68. The van der Waals surface area contributed by atoms with Gasteiger partial charge in [0.05, 0.1) is 6.54 Å². The van der Waals surface area contributed by atoms with E-state index in [4.69, 9.17) is 4.74 Å². The average molecular weight is 454 g/mol. The summed E-state index contributed by atoms with van der Waals surface area (Å²) in [5, 5.41) is 13.5. The van der Waals surface area contributed by atoms with Crippen molar-refractivity contribution in [1.29, 1.82) is 0 Å². The number of hydrogen-bond acceptors (Lipinski definition) is 6. The summed E-state index contributed by atoms with van der Waals surface area (Å²) >= 11 is 0. The molecule has 7 nitrogen and oxygen atoms in total. The lowest BCUT2D eigenvalue weighted by Crippen LogP contribution is -2.47. The Morgan fingerprint density at radius 2 is 2.06 bits per heavy atom. The number of carbonyl (C=O) groups is 1. The molecule has 1 aromatic carbocycles. The molecule has 1 saturated carbocycles. The van der Waals surface area contributed by atoms with Crippen molar-refractivity contribution in [3.05, 3.63) is 41.8 Å². The average Bonchev–Trinajstić information content (AvgIpc) is 3.07. The number of amides is 1. The Hall–Kier alpha value is -2.95. The Bertz CT molecular complexity index is 999. The summed E-state index contributed by atoms with van der Waals surface area (Å²) in [5.41, 5.74) is -2.54. The summed E-state index contributed by atoms with van der Waals surface area (Å²) in [6.45, 7) is 0.125. The van der Waals surface area contributed by atoms with Gasteiger partial charge in [-0.1, -0.05) is 12.5 Å². The number of benzene rings is 1. The molecule has 0 bridgehead atoms. The molecule has 1 unspecified atom stereocenters. The molecule has 1 aromatic heterocycles. The topological polar surface area (TPSA) is 87.6 Å². The van der Waals surface area contributed by atoms with Crippen LogP contribution in [0.2, 0.25) is 0 Å². The maximum Gasteiger partial charge on any atom is 0.433 e. The summed E-state index contributed by atoms with van der Waals surface area (Å²) < 4.78 is 58.9. The van der Waals surface area contributed by atoms with E-state index in [0.29, 0.717) is 6.07 Å². The van der Waals surface area contributed by atoms with Crippen molar-refractivity contribution < 1.29 is 32.2 Å². The Morgan fingerprint density at radius 3 is 2.72 bits per heavy atom. The number of nitrogens with zero attached hydrogens (tertiary/aromatic N) is 3. The first-order valence-electron chi connectivity index (χ1n) is 10.3. The first-order chi connectivity index (χ1) is 15.1. The number of nitrogens with one attached hydrogen (secondary N) is 1. The van der Waals surface area contributed by atoms with Crippen LogP contribution >= 0.6 is 0 Å². The summed E-state index contributed by atoms with van der Waals surface area (Å²) in [7, 11) is 0. The maximum atomic E-state index is 13.4. The molecule has 2 fully saturated rings. The number of ether oxygens (including phenoxy) is 1. The van der Waals surface area contributed by atoms with Crippen LogP contribution in [0, 0.1) is 11.7 Å². The third kappa shape index (κ3) is 5.09. The van der Waals surface area contributed by atoms with Gasteiger partial charge in [0.2, 0.25) is 17.7 Å². The fraction of sp³-hybridized carbons (Fsp3) is 0.476. The van der Waals surface area contributed by atoms with Gasteiger partial charge < -0.3 is 20.1 Å². The Kier molecular flexibility index (Phi) is 5.93. The van der Waals surface area contributed by atoms with Crippen molar-refractivity contribution >= 4 is 11.9 Å². The molecule has 11 heteroatoms. The highest BCUT2D eigenvalue weighted by Crippen LogP contribution is 2.34. The van der Waals surface area contributed by atoms with E-state index in [2.05, 4.69) is 15.3 Å². The molecule has 2 heterocycles. The molecule has 2 aliphatic rings. The molecule has 2 N–H and O–H groups in total. The number of anilines is 1. The van der Waals surface area contributed by atoms with Gasteiger partial charge >= 0.3 is 6.18 Å². The molecule has 1 aliphatic heterocycles. The zero-order valence-corrected chi connectivity index (χ0v) is 17.0. The highest BCUT2D eigenvalue weighted by molar-refractivity contribution is 5.79. The third-order valence-corrected chi connectivity index (χ3v) is 5.68. The Morgan fingerprint density at radius 1 is 1.28 bits per heavy atom. The van der Waals surface area contributed by atoms with E-state index in [-0.39, 0.29) is 49.6 Å². The minimum absolute atomic E-state index is 0.00948. The van der Waals surface area contributed by atoms with Gasteiger partial charge in [0.15, 0.2) is 5.69 Å². The lowest BCUT2D eigenvalue weighted by molar-refractivity contribution is -0.141. The number of β-amino-alcohol motifs (C(OH)–C–C–N with tert-alkyl or cyclic N) is 1. The van der Waals surface area contributed by atoms with E-state index in [9.17, 15) is 27.5 Å². The SMILES string of the molecule is O=C(NCC1(O)CCN(c2nc(Oc3cccc(F)c3)cc(C(F)(F)F)n2)C1)C1CCC1. The molecule has 172 valence electrons. The second-order valence-electron chi connectivity index (χ2n) is 8.19. The molecule has 1 atom stereocenters. The van der Waals surface area contributed by atoms with Gasteiger partial charge in [-0.15, -0.1) is 0 Å². The predicted octanol–water partition coefficient (Wildman–Crippen LogP) is 3.28. The number of hydrogen-bond donors (Lipinski definition) is 2. The van der Waals surface area contributed by atoms with Gasteiger partial charge in [-0.3, -0.25) is 4.79 Å². The lowest BCUT2D eigenvalue weighted by Gasteiger charge is -2.28. The molecular formula is C21H22F4N4O3. The van der Waals surface area contributed by atoms with E-state index < -0.39 is 29.2 Å². The standard InChI is InChI=1S/C21H22F4N4O3/c22-14-5-2-6-15(9-14)32-17-10-16(21(23,24)25)27-19(28-17)29-8-7-20(31,12-29)11-26-18(30)13-3-1-4-13/h2,5-6,9-10,13,31H,1,3-4,7-8,11-12H2,(H,26,30). The van der Waals surface area contributed by atoms with Crippen molar-refractivity contribution in [3.63, 3.8) is 0 Å². The Balaban J connectivity index is 1.51. The number of carbonyl (C=O) groups excluding carboxylic acids is 1. The fourth-order valence-corrected chi connectivity index (χ4v) is 3.64. The van der Waals surface area contributed by atoms with Crippen LogP contribution in [0.25, 0.3) is 0 Å². The monoisotopic (exact) mass is 454 g/mol. The molecule has 1 amide bonds. The van der Waals surface area contributed by atoms with Gasteiger partial charge in [0, 0.05) is 31.1 Å². The van der Waals surface area contributed by atoms with Crippen LogP contribution in [0.4, 0.5) is 23.5 Å². The number of rotatable bonds is 6. The van der Waals surface area contributed by atoms with Crippen molar-refractivity contribution in [1.82, 2.24) is 15.3 Å². The highest BCUT2D eigenvalue weighted by Gasteiger charge is 2.40. The highest BCUT2D eigenvalue weighted by atomic mass is 19.4. The lowest BCUT2D eigenvalue weighted by atomic mass is 9.84. The normalized spacial score (nSPS) is 21.3. The number of aromatic nitrogens is 2. The molecule has 1 aliphatic carbocycles. The van der Waals surface area contributed by atoms with Gasteiger partial charge in [0.25, 0.3) is 0 Å². The number of halogens is 4. The first-order valence-corrected chi connectivity index (χ1v) is 10.3. The minimum Gasteiger partial charge on any atom is -0.439 e. The first kappa shape index (κ1) is 22.3. The predicted molar refractivity (Wildman–Crippen MR) is 106 cm³/mol. The fourth-order valence-electron chi connectivity index (χ4n) is 3.64. The zero-order valence-electron chi connectivity index (χ0n) is 17.0. The second kappa shape index (κ2) is 8.53. The quantitative estimate of drug-likeness (QED) is 0.652. The van der Waals surface area contributed by atoms with Crippen LogP contribution in [0.3, 0.4) is 0 Å². The van der Waals surface area contributed by atoms with Crippen molar-refractivity contribution in [3.8, 4) is 11.6 Å². The van der Waals surface area contributed by atoms with Crippen molar-refractivity contribution in [2.24, 2.45) is 5.92 Å². The maximum absolute atomic E-state index is 13.4. The van der Waals surface area contributed by atoms with Crippen LogP contribution in [0.15, 0.2) is 30.3 Å². The van der Waals surface area contributed by atoms with E-state index in [1.807, 2.05) is 0 Å². The van der Waals surface area contributed by atoms with Crippen molar-refractivity contribution in [2.75, 3.05) is 24.5 Å². The van der Waals surface area contributed by atoms with Gasteiger partial charge in [-0.25, -0.2) is 9.37 Å². The van der Waals surface area contributed by atoms with Crippen LogP contribution in [-0.2, 0) is 11.0 Å². The molecule has 32 heavy (non-hydrogen) atoms. The molecule has 0 radical (unpaired) electrons. The molecular weight excluding hydrogens is 432 g/mol. The van der Waals surface area contributed by atoms with E-state index in [1.54, 1.807) is 0 Å². The van der Waals surface area contributed by atoms with Crippen LogP contribution in [-0.4, -0.2) is 46.2 Å². The number of alkyl halides is 3. The van der Waals surface area contributed by atoms with E-state index >= 15 is 0 Å². The summed E-state index contributed by atoms with van der Waals surface area (Å²) in [6.07, 6.45) is -1.89. The summed E-state index contributed by atoms with van der Waals surface area (Å²) in [6, 6.07) is 5.58. The molecule has 1 saturated heterocycles. The summed E-state index contributed by atoms with van der Waals surface area (Å²) in [4.78, 5) is 21.1. The van der Waals surface area contributed by atoms with Crippen LogP contribution in [0.1, 0.15) is 31.4 Å².